The van der Waals surface area contributed by atoms with Crippen LogP contribution in [0.1, 0.15) is 16.8 Å². The SMILES string of the molecule is NC1CN(C(=O)c2cc(-c3ccn[nH]3)n3ccccc23)CCC1(F)F. The summed E-state index contributed by atoms with van der Waals surface area (Å²) in [6.45, 7) is -0.168. The maximum Gasteiger partial charge on any atom is 0.266 e. The van der Waals surface area contributed by atoms with Crippen LogP contribution in [0, 0.1) is 0 Å². The van der Waals surface area contributed by atoms with Gasteiger partial charge < -0.3 is 15.0 Å². The zero-order chi connectivity index (χ0) is 17.6. The number of amides is 1. The van der Waals surface area contributed by atoms with Crippen LogP contribution in [0.15, 0.2) is 42.7 Å². The van der Waals surface area contributed by atoms with Crippen molar-refractivity contribution in [2.24, 2.45) is 5.73 Å². The Morgan fingerprint density at radius 2 is 2.20 bits per heavy atom. The number of aromatic nitrogens is 3. The maximum atomic E-state index is 13.6. The molecule has 0 saturated carbocycles. The number of aromatic amines is 1. The minimum atomic E-state index is -2.93. The van der Waals surface area contributed by atoms with Gasteiger partial charge in [-0.3, -0.25) is 9.89 Å². The first-order valence-corrected chi connectivity index (χ1v) is 8.00. The second kappa shape index (κ2) is 5.66. The molecule has 1 aliphatic rings. The molecule has 3 aromatic heterocycles. The number of piperidine rings is 1. The molecule has 8 heteroatoms. The molecule has 1 aliphatic heterocycles. The summed E-state index contributed by atoms with van der Waals surface area (Å²) >= 11 is 0. The Morgan fingerprint density at radius 1 is 1.36 bits per heavy atom. The number of rotatable bonds is 2. The van der Waals surface area contributed by atoms with Crippen molar-refractivity contribution in [3.05, 3.63) is 48.3 Å². The highest BCUT2D eigenvalue weighted by Crippen LogP contribution is 2.30. The molecule has 1 unspecified atom stereocenters. The van der Waals surface area contributed by atoms with Crippen LogP contribution in [-0.2, 0) is 0 Å². The first-order chi connectivity index (χ1) is 12.0. The van der Waals surface area contributed by atoms with Gasteiger partial charge in [0.25, 0.3) is 11.8 Å². The van der Waals surface area contributed by atoms with Gasteiger partial charge in [0.05, 0.1) is 28.5 Å². The lowest BCUT2D eigenvalue weighted by molar-refractivity contribution is -0.0662. The number of alkyl halides is 2. The Morgan fingerprint density at radius 3 is 2.92 bits per heavy atom. The number of nitrogens with one attached hydrogen (secondary N) is 1. The van der Waals surface area contributed by atoms with E-state index in [0.29, 0.717) is 11.1 Å². The van der Waals surface area contributed by atoms with Crippen LogP contribution in [0.25, 0.3) is 16.9 Å². The van der Waals surface area contributed by atoms with Gasteiger partial charge in [-0.25, -0.2) is 8.78 Å². The van der Waals surface area contributed by atoms with E-state index in [1.165, 1.54) is 4.90 Å². The van der Waals surface area contributed by atoms with Crippen LogP contribution < -0.4 is 5.73 Å². The fraction of sp³-hybridized carbons (Fsp3) is 0.294. The fourth-order valence-corrected chi connectivity index (χ4v) is 3.22. The topological polar surface area (TPSA) is 79.4 Å². The summed E-state index contributed by atoms with van der Waals surface area (Å²) in [6.07, 6.45) is 3.06. The highest BCUT2D eigenvalue weighted by atomic mass is 19.3. The van der Waals surface area contributed by atoms with Gasteiger partial charge in [-0.05, 0) is 24.3 Å². The number of H-pyrrole nitrogens is 1. The van der Waals surface area contributed by atoms with Crippen molar-refractivity contribution < 1.29 is 13.6 Å². The van der Waals surface area contributed by atoms with Gasteiger partial charge in [0.15, 0.2) is 0 Å². The number of pyridine rings is 1. The number of carbonyl (C=O) groups excluding carboxylic acids is 1. The summed E-state index contributed by atoms with van der Waals surface area (Å²) in [6, 6.07) is 7.73. The van der Waals surface area contributed by atoms with Crippen LogP contribution in [0.2, 0.25) is 0 Å². The number of nitrogens with zero attached hydrogens (tertiary/aromatic N) is 3. The van der Waals surface area contributed by atoms with Crippen molar-refractivity contribution in [1.82, 2.24) is 19.5 Å². The molecule has 0 radical (unpaired) electrons. The van der Waals surface area contributed by atoms with Crippen LogP contribution in [0.3, 0.4) is 0 Å². The van der Waals surface area contributed by atoms with Crippen molar-refractivity contribution in [3.63, 3.8) is 0 Å². The average Bonchev–Trinajstić information content (AvgIpc) is 3.24. The molecule has 0 aromatic carbocycles. The van der Waals surface area contributed by atoms with Gasteiger partial charge in [-0.1, -0.05) is 6.07 Å². The molecule has 1 saturated heterocycles. The zero-order valence-electron chi connectivity index (χ0n) is 13.3. The van der Waals surface area contributed by atoms with Crippen LogP contribution in [0.5, 0.6) is 0 Å². The Kier molecular flexibility index (Phi) is 3.57. The molecule has 4 heterocycles. The van der Waals surface area contributed by atoms with E-state index in [0.717, 1.165) is 11.4 Å². The van der Waals surface area contributed by atoms with E-state index in [2.05, 4.69) is 10.2 Å². The minimum Gasteiger partial charge on any atom is -0.337 e. The van der Waals surface area contributed by atoms with Crippen molar-refractivity contribution in [2.45, 2.75) is 18.4 Å². The van der Waals surface area contributed by atoms with Gasteiger partial charge in [0, 0.05) is 31.9 Å². The third-order valence-corrected chi connectivity index (χ3v) is 4.65. The van der Waals surface area contributed by atoms with Crippen molar-refractivity contribution in [2.75, 3.05) is 13.1 Å². The van der Waals surface area contributed by atoms with Gasteiger partial charge in [-0.15, -0.1) is 0 Å². The number of halogens is 2. The third-order valence-electron chi connectivity index (χ3n) is 4.65. The average molecular weight is 345 g/mol. The number of carbonyl (C=O) groups is 1. The fourth-order valence-electron chi connectivity index (χ4n) is 3.22. The molecule has 1 amide bonds. The molecule has 6 nitrogen and oxygen atoms in total. The molecule has 1 atom stereocenters. The van der Waals surface area contributed by atoms with Gasteiger partial charge in [0.2, 0.25) is 0 Å². The summed E-state index contributed by atoms with van der Waals surface area (Å²) in [4.78, 5) is 14.3. The number of likely N-dealkylation sites (tertiary alicyclic amines) is 1. The first-order valence-electron chi connectivity index (χ1n) is 8.00. The van der Waals surface area contributed by atoms with Gasteiger partial charge in [0.1, 0.15) is 0 Å². The largest absolute Gasteiger partial charge is 0.337 e. The summed E-state index contributed by atoms with van der Waals surface area (Å²) < 4.78 is 29.1. The highest BCUT2D eigenvalue weighted by molar-refractivity contribution is 6.02. The molecule has 4 rings (SSSR count). The second-order valence-corrected chi connectivity index (χ2v) is 6.24. The van der Waals surface area contributed by atoms with E-state index in [4.69, 9.17) is 5.73 Å². The summed E-state index contributed by atoms with van der Waals surface area (Å²) in [5.41, 5.74) is 8.27. The Hall–Kier alpha value is -2.74. The predicted molar refractivity (Wildman–Crippen MR) is 88.4 cm³/mol. The molecule has 3 aromatic rings. The lowest BCUT2D eigenvalue weighted by atomic mass is 10.0. The van der Waals surface area contributed by atoms with Crippen molar-refractivity contribution in [1.29, 1.82) is 0 Å². The molecule has 0 bridgehead atoms. The summed E-state index contributed by atoms with van der Waals surface area (Å²) in [7, 11) is 0. The molecule has 3 N–H and O–H groups in total. The summed E-state index contributed by atoms with van der Waals surface area (Å²) in [5, 5.41) is 6.82. The van der Waals surface area contributed by atoms with E-state index >= 15 is 0 Å². The lowest BCUT2D eigenvalue weighted by Gasteiger charge is -2.36. The van der Waals surface area contributed by atoms with Crippen LogP contribution >= 0.6 is 0 Å². The highest BCUT2D eigenvalue weighted by Gasteiger charge is 2.43. The monoisotopic (exact) mass is 345 g/mol. The molecular weight excluding hydrogens is 328 g/mol. The van der Waals surface area contributed by atoms with E-state index in [-0.39, 0.29) is 19.0 Å². The van der Waals surface area contributed by atoms with Crippen molar-refractivity contribution in [3.8, 4) is 11.4 Å². The molecule has 130 valence electrons. The van der Waals surface area contributed by atoms with E-state index in [9.17, 15) is 13.6 Å². The number of nitrogens with two attached hydrogens (primary N) is 1. The first kappa shape index (κ1) is 15.8. The number of hydrogen-bond acceptors (Lipinski definition) is 3. The third kappa shape index (κ3) is 2.58. The Bertz CT molecular complexity index is 918. The normalized spacial score (nSPS) is 20.1. The zero-order valence-corrected chi connectivity index (χ0v) is 13.3. The molecule has 0 aliphatic carbocycles. The van der Waals surface area contributed by atoms with Crippen LogP contribution in [0.4, 0.5) is 8.78 Å². The Balaban J connectivity index is 1.73. The standard InChI is InChI=1S/C17H17F2N5O/c18-17(19)5-8-23(10-15(17)20)16(25)11-9-14(12-4-6-21-22-12)24-7-2-1-3-13(11)24/h1-4,6-7,9,15H,5,8,10,20H2,(H,21,22). The van der Waals surface area contributed by atoms with Gasteiger partial charge >= 0.3 is 0 Å². The van der Waals surface area contributed by atoms with E-state index in [1.807, 2.05) is 28.8 Å². The molecule has 1 fully saturated rings. The number of fused-ring (bicyclic) bond motifs is 1. The number of hydrogen-bond donors (Lipinski definition) is 2. The van der Waals surface area contributed by atoms with Crippen molar-refractivity contribution >= 4 is 11.4 Å². The predicted octanol–water partition coefficient (Wildman–Crippen LogP) is 2.14. The van der Waals surface area contributed by atoms with Gasteiger partial charge in [-0.2, -0.15) is 5.10 Å². The van der Waals surface area contributed by atoms with E-state index in [1.54, 1.807) is 18.3 Å². The smallest absolute Gasteiger partial charge is 0.266 e. The quantitative estimate of drug-likeness (QED) is 0.747. The maximum absolute atomic E-state index is 13.6. The molecular formula is C17H17F2N5O. The minimum absolute atomic E-state index is 0.0108. The summed E-state index contributed by atoms with van der Waals surface area (Å²) in [5.74, 6) is -3.22. The molecule has 25 heavy (non-hydrogen) atoms. The second-order valence-electron chi connectivity index (χ2n) is 6.24. The lowest BCUT2D eigenvalue weighted by Crippen LogP contribution is -2.56. The van der Waals surface area contributed by atoms with E-state index < -0.39 is 18.4 Å². The Labute approximate surface area is 142 Å². The van der Waals surface area contributed by atoms with Crippen LogP contribution in [-0.4, -0.2) is 50.5 Å². The molecule has 0 spiro atoms.